The molecule has 0 fully saturated rings. The molecular formula is C25H44O6Si. The standard InChI is InChI=1S/C25H44O6Si/c1-24(2,3)30-17-20(26)22(28-7)15-23(29-16-19-13-11-10-12-14-19)21(27)18-31-32(8,9)25(4,5)6/h10-14,21-23,27H,15-18H2,1-9H3/t21-,22-,23+/m1/s1. The van der Waals surface area contributed by atoms with Crippen LogP contribution in [0.4, 0.5) is 0 Å². The fourth-order valence-corrected chi connectivity index (χ4v) is 3.70. The molecular weight excluding hydrogens is 424 g/mol. The molecule has 0 aliphatic carbocycles. The Morgan fingerprint density at radius 1 is 1.06 bits per heavy atom. The molecule has 0 bridgehead atoms. The number of carbonyl (C=O) groups excluding carboxylic acids is 1. The molecule has 1 N–H and O–H groups in total. The van der Waals surface area contributed by atoms with Crippen molar-refractivity contribution in [2.45, 2.75) is 96.6 Å². The molecule has 3 atom stereocenters. The first-order valence-corrected chi connectivity index (χ1v) is 14.2. The maximum Gasteiger partial charge on any atom is 0.192 e. The minimum Gasteiger partial charge on any atom is -0.414 e. The Morgan fingerprint density at radius 3 is 2.16 bits per heavy atom. The van der Waals surface area contributed by atoms with E-state index >= 15 is 0 Å². The van der Waals surface area contributed by atoms with E-state index in [1.54, 1.807) is 0 Å². The van der Waals surface area contributed by atoms with Crippen LogP contribution >= 0.6 is 0 Å². The van der Waals surface area contributed by atoms with Gasteiger partial charge in [0.1, 0.15) is 18.8 Å². The summed E-state index contributed by atoms with van der Waals surface area (Å²) >= 11 is 0. The number of benzene rings is 1. The van der Waals surface area contributed by atoms with Crippen LogP contribution in [-0.4, -0.2) is 63.4 Å². The van der Waals surface area contributed by atoms with Crippen molar-refractivity contribution in [2.24, 2.45) is 0 Å². The van der Waals surface area contributed by atoms with Crippen LogP contribution in [0.3, 0.4) is 0 Å². The van der Waals surface area contributed by atoms with Crippen molar-refractivity contribution in [3.05, 3.63) is 35.9 Å². The van der Waals surface area contributed by atoms with Gasteiger partial charge in [0.25, 0.3) is 0 Å². The summed E-state index contributed by atoms with van der Waals surface area (Å²) in [5, 5.41) is 11.0. The monoisotopic (exact) mass is 468 g/mol. The maximum atomic E-state index is 12.7. The molecule has 0 saturated carbocycles. The maximum absolute atomic E-state index is 12.7. The number of hydrogen-bond acceptors (Lipinski definition) is 6. The van der Waals surface area contributed by atoms with Gasteiger partial charge in [-0.1, -0.05) is 51.1 Å². The zero-order valence-electron chi connectivity index (χ0n) is 21.4. The van der Waals surface area contributed by atoms with Crippen LogP contribution in [-0.2, 0) is 30.0 Å². The van der Waals surface area contributed by atoms with Crippen LogP contribution in [0.25, 0.3) is 0 Å². The Morgan fingerprint density at radius 2 is 1.66 bits per heavy atom. The van der Waals surface area contributed by atoms with Gasteiger partial charge in [0.2, 0.25) is 0 Å². The van der Waals surface area contributed by atoms with Gasteiger partial charge in [-0.25, -0.2) is 0 Å². The van der Waals surface area contributed by atoms with Crippen LogP contribution in [0.1, 0.15) is 53.5 Å². The summed E-state index contributed by atoms with van der Waals surface area (Å²) in [7, 11) is -0.545. The van der Waals surface area contributed by atoms with Crippen molar-refractivity contribution in [2.75, 3.05) is 20.3 Å². The minimum atomic E-state index is -2.04. The van der Waals surface area contributed by atoms with E-state index in [0.29, 0.717) is 6.61 Å². The molecule has 0 aliphatic heterocycles. The molecule has 1 aromatic carbocycles. The highest BCUT2D eigenvalue weighted by Gasteiger charge is 2.38. The highest BCUT2D eigenvalue weighted by molar-refractivity contribution is 6.74. The molecule has 1 aromatic rings. The van der Waals surface area contributed by atoms with Crippen molar-refractivity contribution in [1.29, 1.82) is 0 Å². The van der Waals surface area contributed by atoms with E-state index in [1.165, 1.54) is 7.11 Å². The molecule has 1 rings (SSSR count). The second-order valence-corrected chi connectivity index (χ2v) is 15.6. The number of hydrogen-bond donors (Lipinski definition) is 1. The molecule has 0 amide bonds. The number of carbonyl (C=O) groups is 1. The first-order chi connectivity index (χ1) is 14.7. The fraction of sp³-hybridized carbons (Fsp3) is 0.720. The van der Waals surface area contributed by atoms with Gasteiger partial charge in [-0.3, -0.25) is 4.79 Å². The Kier molecular flexibility index (Phi) is 11.2. The summed E-state index contributed by atoms with van der Waals surface area (Å²) in [6.07, 6.45) is -2.02. The number of ether oxygens (including phenoxy) is 3. The lowest BCUT2D eigenvalue weighted by Gasteiger charge is -2.37. The van der Waals surface area contributed by atoms with Crippen molar-refractivity contribution < 1.29 is 28.5 Å². The van der Waals surface area contributed by atoms with Gasteiger partial charge in [0, 0.05) is 13.5 Å². The average Bonchev–Trinajstić information content (AvgIpc) is 2.70. The number of ketones is 1. The number of rotatable bonds is 13. The number of aliphatic hydroxyl groups excluding tert-OH is 1. The van der Waals surface area contributed by atoms with Gasteiger partial charge in [-0.05, 0) is 44.5 Å². The molecule has 0 heterocycles. The van der Waals surface area contributed by atoms with E-state index in [0.717, 1.165) is 5.56 Å². The number of methoxy groups -OCH3 is 1. The molecule has 0 radical (unpaired) electrons. The van der Waals surface area contributed by atoms with Gasteiger partial charge in [-0.2, -0.15) is 0 Å². The number of aliphatic hydroxyl groups is 1. The second-order valence-electron chi connectivity index (χ2n) is 10.8. The summed E-state index contributed by atoms with van der Waals surface area (Å²) in [6.45, 7) is 16.9. The third kappa shape index (κ3) is 10.2. The van der Waals surface area contributed by atoms with E-state index in [9.17, 15) is 9.90 Å². The highest BCUT2D eigenvalue weighted by Crippen LogP contribution is 2.36. The largest absolute Gasteiger partial charge is 0.414 e. The van der Waals surface area contributed by atoms with Gasteiger partial charge in [-0.15, -0.1) is 0 Å². The quantitative estimate of drug-likeness (QED) is 0.421. The topological polar surface area (TPSA) is 74.2 Å². The lowest BCUT2D eigenvalue weighted by atomic mass is 10.0. The molecule has 7 heteroatoms. The SMILES string of the molecule is CO[C@H](C[C@H](OCc1ccccc1)[C@H](O)CO[Si](C)(C)C(C)(C)C)C(=O)COC(C)(C)C. The third-order valence-electron chi connectivity index (χ3n) is 5.89. The zero-order chi connectivity index (χ0) is 24.6. The molecule has 0 saturated heterocycles. The summed E-state index contributed by atoms with van der Waals surface area (Å²) in [5.74, 6) is -0.173. The average molecular weight is 469 g/mol. The van der Waals surface area contributed by atoms with E-state index in [-0.39, 0.29) is 30.5 Å². The van der Waals surface area contributed by atoms with Crippen molar-refractivity contribution in [3.63, 3.8) is 0 Å². The first kappa shape index (κ1) is 28.9. The first-order valence-electron chi connectivity index (χ1n) is 11.3. The second kappa shape index (κ2) is 12.4. The van der Waals surface area contributed by atoms with Crippen LogP contribution in [0.15, 0.2) is 30.3 Å². The predicted octanol–water partition coefficient (Wildman–Crippen LogP) is 4.74. The Bertz CT molecular complexity index is 678. The lowest BCUT2D eigenvalue weighted by Crippen LogP contribution is -2.46. The molecule has 0 spiro atoms. The van der Waals surface area contributed by atoms with E-state index in [2.05, 4.69) is 33.9 Å². The molecule has 32 heavy (non-hydrogen) atoms. The zero-order valence-corrected chi connectivity index (χ0v) is 22.4. The van der Waals surface area contributed by atoms with Gasteiger partial charge in [0.05, 0.1) is 24.9 Å². The third-order valence-corrected chi connectivity index (χ3v) is 10.4. The van der Waals surface area contributed by atoms with Crippen molar-refractivity contribution >= 4 is 14.1 Å². The molecule has 184 valence electrons. The van der Waals surface area contributed by atoms with Crippen molar-refractivity contribution in [1.82, 2.24) is 0 Å². The van der Waals surface area contributed by atoms with E-state index in [4.69, 9.17) is 18.6 Å². The van der Waals surface area contributed by atoms with Crippen LogP contribution in [0, 0.1) is 0 Å². The van der Waals surface area contributed by atoms with Crippen LogP contribution < -0.4 is 0 Å². The molecule has 6 nitrogen and oxygen atoms in total. The number of Topliss-reactive ketones (excluding diaryl/α,β-unsaturated/α-hetero) is 1. The molecule has 0 unspecified atom stereocenters. The summed E-state index contributed by atoms with van der Waals surface area (Å²) < 4.78 is 23.4. The summed E-state index contributed by atoms with van der Waals surface area (Å²) in [4.78, 5) is 12.7. The van der Waals surface area contributed by atoms with Crippen molar-refractivity contribution in [3.8, 4) is 0 Å². The fourth-order valence-electron chi connectivity index (χ4n) is 2.68. The Balaban J connectivity index is 2.89. The summed E-state index contributed by atoms with van der Waals surface area (Å²) in [5.41, 5.74) is 0.569. The Labute approximate surface area is 195 Å². The van der Waals surface area contributed by atoms with E-state index in [1.807, 2.05) is 51.1 Å². The van der Waals surface area contributed by atoms with Crippen LogP contribution in [0.5, 0.6) is 0 Å². The van der Waals surface area contributed by atoms with Gasteiger partial charge >= 0.3 is 0 Å². The minimum absolute atomic E-state index is 0.0302. The van der Waals surface area contributed by atoms with E-state index < -0.39 is 32.2 Å². The summed E-state index contributed by atoms with van der Waals surface area (Å²) in [6, 6.07) is 9.75. The predicted molar refractivity (Wildman–Crippen MR) is 130 cm³/mol. The molecule has 0 aliphatic rings. The van der Waals surface area contributed by atoms with Gasteiger partial charge in [0.15, 0.2) is 14.1 Å². The Hall–Kier alpha value is -1.09. The normalized spacial score (nSPS) is 15.9. The van der Waals surface area contributed by atoms with Crippen LogP contribution in [0.2, 0.25) is 18.1 Å². The smallest absolute Gasteiger partial charge is 0.192 e. The molecule has 0 aromatic heterocycles. The highest BCUT2D eigenvalue weighted by atomic mass is 28.4. The van der Waals surface area contributed by atoms with Gasteiger partial charge < -0.3 is 23.7 Å². The lowest BCUT2D eigenvalue weighted by molar-refractivity contribution is -0.143.